The van der Waals surface area contributed by atoms with Crippen LogP contribution in [0.1, 0.15) is 28.2 Å². The van der Waals surface area contributed by atoms with E-state index in [0.29, 0.717) is 50.6 Å². The van der Waals surface area contributed by atoms with Gasteiger partial charge >= 0.3 is 18.3 Å². The number of hydrogen-bond acceptors (Lipinski definition) is 7. The summed E-state index contributed by atoms with van der Waals surface area (Å²) in [6.07, 6.45) is -3.08. The number of hydrogen-bond donors (Lipinski definition) is 2. The van der Waals surface area contributed by atoms with Gasteiger partial charge in [-0.3, -0.25) is 9.69 Å². The van der Waals surface area contributed by atoms with Crippen molar-refractivity contribution in [1.82, 2.24) is 14.9 Å². The third kappa shape index (κ3) is 5.01. The van der Waals surface area contributed by atoms with E-state index in [1.807, 2.05) is 17.0 Å². The summed E-state index contributed by atoms with van der Waals surface area (Å²) in [6, 6.07) is 10.1. The third-order valence-corrected chi connectivity index (χ3v) is 6.31. The van der Waals surface area contributed by atoms with Gasteiger partial charge in [0.1, 0.15) is 5.82 Å². The minimum Gasteiger partial charge on any atom is -0.465 e. The van der Waals surface area contributed by atoms with E-state index in [1.54, 1.807) is 23.1 Å². The largest absolute Gasteiger partial charge is 0.465 e. The van der Waals surface area contributed by atoms with Crippen molar-refractivity contribution in [2.75, 3.05) is 47.8 Å². The number of carbonyl (C=O) groups is 2. The second-order valence-electron chi connectivity index (χ2n) is 8.67. The second kappa shape index (κ2) is 9.64. The van der Waals surface area contributed by atoms with Gasteiger partial charge in [0.2, 0.25) is 5.76 Å². The number of amides is 2. The summed E-state index contributed by atoms with van der Waals surface area (Å²) < 4.78 is 46.8. The summed E-state index contributed by atoms with van der Waals surface area (Å²) >= 11 is 0. The second-order valence-corrected chi connectivity index (χ2v) is 8.67. The van der Waals surface area contributed by atoms with E-state index in [4.69, 9.17) is 9.52 Å². The van der Waals surface area contributed by atoms with Crippen molar-refractivity contribution in [2.45, 2.75) is 19.0 Å². The molecular weight excluding hydrogens is 493 g/mol. The molecule has 10 nitrogen and oxygen atoms in total. The number of aromatic nitrogens is 2. The van der Waals surface area contributed by atoms with Crippen LogP contribution in [0.3, 0.4) is 0 Å². The van der Waals surface area contributed by atoms with Crippen molar-refractivity contribution in [3.05, 3.63) is 59.6 Å². The highest BCUT2D eigenvalue weighted by molar-refractivity contribution is 6.03. The van der Waals surface area contributed by atoms with Crippen molar-refractivity contribution in [2.24, 2.45) is 0 Å². The van der Waals surface area contributed by atoms with Crippen LogP contribution >= 0.6 is 0 Å². The number of para-hydroxylation sites is 1. The molecule has 37 heavy (non-hydrogen) atoms. The van der Waals surface area contributed by atoms with Gasteiger partial charge in [0.05, 0.1) is 11.9 Å². The van der Waals surface area contributed by atoms with E-state index < -0.39 is 29.6 Å². The molecule has 4 heterocycles. The van der Waals surface area contributed by atoms with Crippen LogP contribution in [-0.4, -0.2) is 64.7 Å². The number of anilines is 4. The van der Waals surface area contributed by atoms with Gasteiger partial charge in [-0.15, -0.1) is 0 Å². The van der Waals surface area contributed by atoms with E-state index in [1.165, 1.54) is 17.2 Å². The Hall–Kier alpha value is -4.29. The van der Waals surface area contributed by atoms with E-state index in [0.717, 1.165) is 12.0 Å². The number of nitrogens with one attached hydrogen (secondary N) is 1. The number of alkyl halides is 3. The Kier molecular flexibility index (Phi) is 6.36. The molecule has 13 heteroatoms. The number of carboxylic acid groups (broad SMARTS) is 1. The molecule has 1 fully saturated rings. The molecule has 2 N–H and O–H groups in total. The van der Waals surface area contributed by atoms with E-state index >= 15 is 0 Å². The highest BCUT2D eigenvalue weighted by atomic mass is 19.4. The van der Waals surface area contributed by atoms with Gasteiger partial charge in [0, 0.05) is 38.4 Å². The Morgan fingerprint density at radius 2 is 1.78 bits per heavy atom. The number of aryl methyl sites for hydroxylation is 1. The molecule has 2 amide bonds. The molecule has 2 aromatic heterocycles. The fraction of sp³-hybridized carbons (Fsp3) is 0.333. The predicted octanol–water partition coefficient (Wildman–Crippen LogP) is 4.23. The molecule has 3 aromatic rings. The quantitative estimate of drug-likeness (QED) is 0.530. The van der Waals surface area contributed by atoms with Crippen LogP contribution in [-0.2, 0) is 12.6 Å². The maximum atomic E-state index is 13.8. The van der Waals surface area contributed by atoms with E-state index in [2.05, 4.69) is 15.3 Å². The molecule has 0 radical (unpaired) electrons. The Morgan fingerprint density at radius 3 is 2.46 bits per heavy atom. The zero-order chi connectivity index (χ0) is 26.2. The van der Waals surface area contributed by atoms with Crippen LogP contribution in [0.4, 0.5) is 41.2 Å². The first-order valence-electron chi connectivity index (χ1n) is 11.6. The Labute approximate surface area is 209 Å². The lowest BCUT2D eigenvalue weighted by atomic mass is 10.0. The zero-order valence-electron chi connectivity index (χ0n) is 19.5. The number of pyridine rings is 1. The highest BCUT2D eigenvalue weighted by Gasteiger charge is 2.42. The van der Waals surface area contributed by atoms with Gasteiger partial charge in [-0.05, 0) is 36.6 Å². The lowest BCUT2D eigenvalue weighted by Crippen LogP contribution is -2.48. The highest BCUT2D eigenvalue weighted by Crippen LogP contribution is 2.38. The number of nitrogens with zero attached hydrogens (tertiary/aromatic N) is 5. The molecule has 0 saturated carbocycles. The average molecular weight is 516 g/mol. The Morgan fingerprint density at radius 1 is 1.03 bits per heavy atom. The normalized spacial score (nSPS) is 15.9. The summed E-state index contributed by atoms with van der Waals surface area (Å²) in [5, 5.41) is 11.5. The smallest absolute Gasteiger partial charge is 0.437 e. The lowest BCUT2D eigenvalue weighted by Gasteiger charge is -2.33. The average Bonchev–Trinajstić information content (AvgIpc) is 3.35. The number of benzene rings is 1. The molecule has 2 aliphatic heterocycles. The number of piperazine rings is 1. The minimum atomic E-state index is -4.90. The Balaban J connectivity index is 1.34. The monoisotopic (exact) mass is 516 g/mol. The molecule has 0 unspecified atom stereocenters. The standard InChI is InChI=1S/C24H23F3N6O4/c25-24(26,27)20-19(37-22(30-20)33-9-3-5-15-4-1-2-6-17(15)33)21(34)29-16-7-8-18(28-14-16)31-10-12-32(13-11-31)23(35)36/h1-2,4,6-8,14H,3,5,9-13H2,(H,29,34)(H,35,36). The molecule has 0 aliphatic carbocycles. The topological polar surface area (TPSA) is 115 Å². The third-order valence-electron chi connectivity index (χ3n) is 6.31. The number of fused-ring (bicyclic) bond motifs is 1. The fourth-order valence-electron chi connectivity index (χ4n) is 4.46. The van der Waals surface area contributed by atoms with Gasteiger partial charge in [-0.2, -0.15) is 18.2 Å². The minimum absolute atomic E-state index is 0.173. The maximum absolute atomic E-state index is 13.8. The molecule has 0 atom stereocenters. The van der Waals surface area contributed by atoms with Crippen molar-refractivity contribution in [3.8, 4) is 0 Å². The van der Waals surface area contributed by atoms with Crippen molar-refractivity contribution in [1.29, 1.82) is 0 Å². The van der Waals surface area contributed by atoms with Gasteiger partial charge in [0.25, 0.3) is 5.91 Å². The predicted molar refractivity (Wildman–Crippen MR) is 127 cm³/mol. The van der Waals surface area contributed by atoms with Gasteiger partial charge < -0.3 is 24.6 Å². The molecule has 194 valence electrons. The van der Waals surface area contributed by atoms with Crippen molar-refractivity contribution < 1.29 is 32.3 Å². The number of halogens is 3. The van der Waals surface area contributed by atoms with Gasteiger partial charge in [0.15, 0.2) is 5.69 Å². The first-order chi connectivity index (χ1) is 17.7. The van der Waals surface area contributed by atoms with Crippen LogP contribution in [0.2, 0.25) is 0 Å². The SMILES string of the molecule is O=C(Nc1ccc(N2CCN(C(=O)O)CC2)nc1)c1oc(N2CCCc3ccccc32)nc1C(F)(F)F. The summed E-state index contributed by atoms with van der Waals surface area (Å²) in [7, 11) is 0. The first kappa shape index (κ1) is 24.4. The summed E-state index contributed by atoms with van der Waals surface area (Å²) in [6.45, 7) is 1.94. The number of carbonyl (C=O) groups excluding carboxylic acids is 1. The van der Waals surface area contributed by atoms with Crippen LogP contribution in [0.15, 0.2) is 47.0 Å². The summed E-state index contributed by atoms with van der Waals surface area (Å²) in [4.78, 5) is 36.6. The summed E-state index contributed by atoms with van der Waals surface area (Å²) in [5.74, 6) is -1.47. The van der Waals surface area contributed by atoms with Crippen LogP contribution < -0.4 is 15.1 Å². The van der Waals surface area contributed by atoms with E-state index in [9.17, 15) is 22.8 Å². The Bertz CT molecular complexity index is 1300. The molecule has 1 saturated heterocycles. The van der Waals surface area contributed by atoms with Crippen LogP contribution in [0.25, 0.3) is 0 Å². The molecule has 1 aromatic carbocycles. The first-order valence-corrected chi connectivity index (χ1v) is 11.6. The maximum Gasteiger partial charge on any atom is 0.437 e. The molecule has 0 bridgehead atoms. The van der Waals surface area contributed by atoms with Crippen LogP contribution in [0, 0.1) is 0 Å². The summed E-state index contributed by atoms with van der Waals surface area (Å²) in [5.41, 5.74) is 0.429. The van der Waals surface area contributed by atoms with E-state index in [-0.39, 0.29) is 11.7 Å². The fourth-order valence-corrected chi connectivity index (χ4v) is 4.46. The molecular formula is C24H23F3N6O4. The number of oxazole rings is 1. The van der Waals surface area contributed by atoms with Crippen molar-refractivity contribution in [3.63, 3.8) is 0 Å². The molecule has 5 rings (SSSR count). The van der Waals surface area contributed by atoms with Gasteiger partial charge in [-0.1, -0.05) is 18.2 Å². The zero-order valence-corrected chi connectivity index (χ0v) is 19.5. The van der Waals surface area contributed by atoms with Crippen molar-refractivity contribution >= 4 is 35.2 Å². The van der Waals surface area contributed by atoms with Crippen LogP contribution in [0.5, 0.6) is 0 Å². The molecule has 0 spiro atoms. The lowest BCUT2D eigenvalue weighted by molar-refractivity contribution is -0.141. The number of rotatable bonds is 4. The molecule has 2 aliphatic rings. The van der Waals surface area contributed by atoms with Gasteiger partial charge in [-0.25, -0.2) is 9.78 Å².